The molecule has 0 N–H and O–H groups in total. The van der Waals surface area contributed by atoms with E-state index in [-0.39, 0.29) is 5.91 Å². The molecule has 1 heterocycles. The minimum atomic E-state index is -0.00199. The third-order valence-electron chi connectivity index (χ3n) is 5.35. The van der Waals surface area contributed by atoms with Crippen LogP contribution in [0.15, 0.2) is 42.5 Å². The van der Waals surface area contributed by atoms with Crippen molar-refractivity contribution >= 4 is 12.0 Å². The van der Waals surface area contributed by atoms with Gasteiger partial charge in [-0.1, -0.05) is 12.1 Å². The number of benzene rings is 2. The summed E-state index contributed by atoms with van der Waals surface area (Å²) in [6, 6.07) is 11.7. The molecule has 0 saturated carbocycles. The molecule has 1 aliphatic heterocycles. The molecule has 1 fully saturated rings. The Morgan fingerprint density at radius 2 is 1.48 bits per heavy atom. The molecule has 1 saturated heterocycles. The van der Waals surface area contributed by atoms with Gasteiger partial charge < -0.3 is 23.8 Å². The van der Waals surface area contributed by atoms with Gasteiger partial charge in [-0.2, -0.15) is 0 Å². The molecule has 0 spiro atoms. The molecule has 7 heteroatoms. The maximum Gasteiger partial charge on any atom is 0.246 e. The normalized spacial score (nSPS) is 14.5. The summed E-state index contributed by atoms with van der Waals surface area (Å²) >= 11 is 0. The molecule has 0 unspecified atom stereocenters. The number of amides is 1. The van der Waals surface area contributed by atoms with Gasteiger partial charge in [0.15, 0.2) is 11.5 Å². The fourth-order valence-corrected chi connectivity index (χ4v) is 3.59. The standard InChI is InChI=1S/C24H30N2O5/c1-28-20-8-5-18(6-9-20)17-25-11-13-26(14-12-25)23(27)10-7-19-15-21(29-2)24(31-4)22(16-19)30-3/h5-10,15-16H,11-14,17H2,1-4H3/b10-7+. The second-order valence-corrected chi connectivity index (χ2v) is 7.24. The summed E-state index contributed by atoms with van der Waals surface area (Å²) in [6.45, 7) is 3.96. The number of carbonyl (C=O) groups excluding carboxylic acids is 1. The van der Waals surface area contributed by atoms with E-state index in [1.807, 2.05) is 29.2 Å². The Morgan fingerprint density at radius 1 is 0.871 bits per heavy atom. The minimum Gasteiger partial charge on any atom is -0.497 e. The Labute approximate surface area is 183 Å². The van der Waals surface area contributed by atoms with Crippen LogP contribution in [0.4, 0.5) is 0 Å². The van der Waals surface area contributed by atoms with Crippen LogP contribution in [0.1, 0.15) is 11.1 Å². The van der Waals surface area contributed by atoms with Crippen LogP contribution < -0.4 is 18.9 Å². The third-order valence-corrected chi connectivity index (χ3v) is 5.35. The summed E-state index contributed by atoms with van der Waals surface area (Å²) in [5.74, 6) is 2.50. The summed E-state index contributed by atoms with van der Waals surface area (Å²) in [5, 5.41) is 0. The van der Waals surface area contributed by atoms with E-state index in [1.54, 1.807) is 40.6 Å². The Balaban J connectivity index is 1.56. The smallest absolute Gasteiger partial charge is 0.246 e. The number of nitrogens with zero attached hydrogens (tertiary/aromatic N) is 2. The molecule has 0 radical (unpaired) electrons. The molecule has 1 aliphatic rings. The number of piperazine rings is 1. The van der Waals surface area contributed by atoms with Crippen LogP contribution in [0.5, 0.6) is 23.0 Å². The van der Waals surface area contributed by atoms with Crippen molar-refractivity contribution in [2.24, 2.45) is 0 Å². The van der Waals surface area contributed by atoms with Crippen molar-refractivity contribution in [1.82, 2.24) is 9.80 Å². The molecule has 0 bridgehead atoms. The van der Waals surface area contributed by atoms with Crippen molar-refractivity contribution in [2.75, 3.05) is 54.6 Å². The molecule has 3 rings (SSSR count). The molecular weight excluding hydrogens is 396 g/mol. The molecular formula is C24H30N2O5. The first kappa shape index (κ1) is 22.5. The maximum atomic E-state index is 12.7. The largest absolute Gasteiger partial charge is 0.497 e. The first-order valence-electron chi connectivity index (χ1n) is 10.2. The summed E-state index contributed by atoms with van der Waals surface area (Å²) in [7, 11) is 6.37. The van der Waals surface area contributed by atoms with E-state index >= 15 is 0 Å². The highest BCUT2D eigenvalue weighted by molar-refractivity contribution is 5.92. The number of methoxy groups -OCH3 is 4. The lowest BCUT2D eigenvalue weighted by Gasteiger charge is -2.34. The molecule has 7 nitrogen and oxygen atoms in total. The van der Waals surface area contributed by atoms with Crippen LogP contribution in [-0.2, 0) is 11.3 Å². The zero-order valence-electron chi connectivity index (χ0n) is 18.6. The third kappa shape index (κ3) is 5.70. The zero-order chi connectivity index (χ0) is 22.2. The number of ether oxygens (including phenoxy) is 4. The first-order chi connectivity index (χ1) is 15.1. The van der Waals surface area contributed by atoms with Crippen molar-refractivity contribution in [1.29, 1.82) is 0 Å². The highest BCUT2D eigenvalue weighted by Crippen LogP contribution is 2.38. The predicted molar refractivity (Wildman–Crippen MR) is 120 cm³/mol. The van der Waals surface area contributed by atoms with E-state index in [9.17, 15) is 4.79 Å². The molecule has 0 aliphatic carbocycles. The molecule has 0 atom stereocenters. The first-order valence-corrected chi connectivity index (χ1v) is 10.2. The fraction of sp³-hybridized carbons (Fsp3) is 0.375. The van der Waals surface area contributed by atoms with E-state index in [2.05, 4.69) is 17.0 Å². The lowest BCUT2D eigenvalue weighted by molar-refractivity contribution is -0.127. The van der Waals surface area contributed by atoms with Crippen molar-refractivity contribution in [3.63, 3.8) is 0 Å². The Hall–Kier alpha value is -3.19. The average molecular weight is 427 g/mol. The Bertz CT molecular complexity index is 878. The molecule has 31 heavy (non-hydrogen) atoms. The van der Waals surface area contributed by atoms with E-state index in [4.69, 9.17) is 18.9 Å². The van der Waals surface area contributed by atoms with Crippen molar-refractivity contribution in [3.8, 4) is 23.0 Å². The number of hydrogen-bond acceptors (Lipinski definition) is 6. The van der Waals surface area contributed by atoms with Gasteiger partial charge in [0, 0.05) is 38.8 Å². The minimum absolute atomic E-state index is 0.00199. The van der Waals surface area contributed by atoms with Crippen molar-refractivity contribution in [3.05, 3.63) is 53.6 Å². The molecule has 2 aromatic carbocycles. The Kier molecular flexibility index (Phi) is 7.78. The lowest BCUT2D eigenvalue weighted by Crippen LogP contribution is -2.47. The van der Waals surface area contributed by atoms with Crippen molar-refractivity contribution < 1.29 is 23.7 Å². The molecule has 1 amide bonds. The van der Waals surface area contributed by atoms with Crippen LogP contribution in [0.2, 0.25) is 0 Å². The second kappa shape index (κ2) is 10.7. The summed E-state index contributed by atoms with van der Waals surface area (Å²) in [4.78, 5) is 16.9. The van der Waals surface area contributed by atoms with Gasteiger partial charge >= 0.3 is 0 Å². The van der Waals surface area contributed by atoms with E-state index in [1.165, 1.54) is 5.56 Å². The summed E-state index contributed by atoms with van der Waals surface area (Å²) in [6.07, 6.45) is 3.37. The maximum absolute atomic E-state index is 12.7. The monoisotopic (exact) mass is 426 g/mol. The van der Waals surface area contributed by atoms with Gasteiger partial charge in [0.1, 0.15) is 5.75 Å². The number of rotatable bonds is 8. The van der Waals surface area contributed by atoms with Gasteiger partial charge in [-0.05, 0) is 41.5 Å². The van der Waals surface area contributed by atoms with Gasteiger partial charge in [-0.15, -0.1) is 0 Å². The highest BCUT2D eigenvalue weighted by Gasteiger charge is 2.20. The predicted octanol–water partition coefficient (Wildman–Crippen LogP) is 3.08. The van der Waals surface area contributed by atoms with Crippen LogP contribution >= 0.6 is 0 Å². The van der Waals surface area contributed by atoms with Gasteiger partial charge in [-0.3, -0.25) is 9.69 Å². The van der Waals surface area contributed by atoms with Crippen molar-refractivity contribution in [2.45, 2.75) is 6.54 Å². The average Bonchev–Trinajstić information content (AvgIpc) is 2.82. The SMILES string of the molecule is COc1ccc(CN2CCN(C(=O)/C=C/c3cc(OC)c(OC)c(OC)c3)CC2)cc1. The summed E-state index contributed by atoms with van der Waals surface area (Å²) < 4.78 is 21.3. The van der Waals surface area contributed by atoms with Gasteiger partial charge in [0.2, 0.25) is 11.7 Å². The fourth-order valence-electron chi connectivity index (χ4n) is 3.59. The van der Waals surface area contributed by atoms with Crippen LogP contribution in [0.3, 0.4) is 0 Å². The number of carbonyl (C=O) groups is 1. The summed E-state index contributed by atoms with van der Waals surface area (Å²) in [5.41, 5.74) is 2.05. The lowest BCUT2D eigenvalue weighted by atomic mass is 10.1. The van der Waals surface area contributed by atoms with Crippen LogP contribution in [0.25, 0.3) is 6.08 Å². The zero-order valence-corrected chi connectivity index (χ0v) is 18.6. The van der Waals surface area contributed by atoms with E-state index < -0.39 is 0 Å². The topological polar surface area (TPSA) is 60.5 Å². The van der Waals surface area contributed by atoms with Gasteiger partial charge in [-0.25, -0.2) is 0 Å². The van der Waals surface area contributed by atoms with Crippen LogP contribution in [0, 0.1) is 0 Å². The van der Waals surface area contributed by atoms with Gasteiger partial charge in [0.05, 0.1) is 28.4 Å². The highest BCUT2D eigenvalue weighted by atomic mass is 16.5. The quantitative estimate of drug-likeness (QED) is 0.605. The Morgan fingerprint density at radius 3 is 2.00 bits per heavy atom. The van der Waals surface area contributed by atoms with Gasteiger partial charge in [0.25, 0.3) is 0 Å². The molecule has 0 aromatic heterocycles. The molecule has 2 aromatic rings. The second-order valence-electron chi connectivity index (χ2n) is 7.24. The van der Waals surface area contributed by atoms with E-state index in [0.29, 0.717) is 30.3 Å². The van der Waals surface area contributed by atoms with E-state index in [0.717, 1.165) is 30.9 Å². The number of hydrogen-bond donors (Lipinski definition) is 0. The molecule has 166 valence electrons. The van der Waals surface area contributed by atoms with Crippen LogP contribution in [-0.4, -0.2) is 70.3 Å².